The van der Waals surface area contributed by atoms with Crippen molar-refractivity contribution in [1.82, 2.24) is 9.78 Å². The molecule has 2 rings (SSSR count). The molecule has 0 aliphatic rings. The first-order chi connectivity index (χ1) is 12.3. The fraction of sp³-hybridized carbons (Fsp3) is 0.389. The summed E-state index contributed by atoms with van der Waals surface area (Å²) in [7, 11) is 0. The summed E-state index contributed by atoms with van der Waals surface area (Å²) in [5.41, 5.74) is 0.840. The number of amides is 1. The van der Waals surface area contributed by atoms with Crippen molar-refractivity contribution in [3.63, 3.8) is 0 Å². The Morgan fingerprint density at radius 1 is 1.27 bits per heavy atom. The second-order valence-corrected chi connectivity index (χ2v) is 6.48. The molecule has 0 fully saturated rings. The number of nitrogens with one attached hydrogen (secondary N) is 1. The number of hydrogen-bond donors (Lipinski definition) is 1. The van der Waals surface area contributed by atoms with Gasteiger partial charge in [0.15, 0.2) is 12.7 Å². The van der Waals surface area contributed by atoms with Crippen molar-refractivity contribution in [2.75, 3.05) is 11.9 Å². The summed E-state index contributed by atoms with van der Waals surface area (Å²) >= 11 is 5.94. The predicted octanol–water partition coefficient (Wildman–Crippen LogP) is 3.38. The number of carbonyl (C=O) groups excluding carboxylic acids is 2. The number of aromatic nitrogens is 2. The molecule has 7 nitrogen and oxygen atoms in total. The van der Waals surface area contributed by atoms with Gasteiger partial charge in [-0.3, -0.25) is 4.79 Å². The molecule has 8 heteroatoms. The Hall–Kier alpha value is -2.54. The standard InChI is InChI=1S/C18H22ClN3O4/c1-11(2)22-16(7-8-20-22)21-18(24)13(4)26-17(23)10-25-14-5-6-15(19)12(3)9-14/h5-9,11,13H,10H2,1-4H3,(H,21,24)/t13-/m1/s1. The first kappa shape index (κ1) is 19.8. The number of aryl methyl sites for hydroxylation is 1. The summed E-state index contributed by atoms with van der Waals surface area (Å²) in [6.07, 6.45) is 0.627. The van der Waals surface area contributed by atoms with Crippen LogP contribution in [0.3, 0.4) is 0 Å². The van der Waals surface area contributed by atoms with Crippen molar-refractivity contribution in [2.24, 2.45) is 0 Å². The van der Waals surface area contributed by atoms with E-state index in [-0.39, 0.29) is 12.6 Å². The lowest BCUT2D eigenvalue weighted by molar-refractivity contribution is -0.155. The van der Waals surface area contributed by atoms with Gasteiger partial charge < -0.3 is 14.8 Å². The molecule has 2 aromatic rings. The Morgan fingerprint density at radius 3 is 2.65 bits per heavy atom. The van der Waals surface area contributed by atoms with Crippen molar-refractivity contribution in [3.8, 4) is 5.75 Å². The summed E-state index contributed by atoms with van der Waals surface area (Å²) in [6, 6.07) is 6.84. The highest BCUT2D eigenvalue weighted by atomic mass is 35.5. The highest BCUT2D eigenvalue weighted by Crippen LogP contribution is 2.21. The molecule has 140 valence electrons. The topological polar surface area (TPSA) is 82.4 Å². The van der Waals surface area contributed by atoms with E-state index in [0.717, 1.165) is 5.56 Å². The van der Waals surface area contributed by atoms with Gasteiger partial charge in [-0.05, 0) is 51.5 Å². The summed E-state index contributed by atoms with van der Waals surface area (Å²) in [6.45, 7) is 6.92. The van der Waals surface area contributed by atoms with Crippen LogP contribution in [0.15, 0.2) is 30.5 Å². The highest BCUT2D eigenvalue weighted by molar-refractivity contribution is 6.31. The zero-order chi connectivity index (χ0) is 19.3. The molecule has 0 aliphatic heterocycles. The lowest BCUT2D eigenvalue weighted by Gasteiger charge is -2.16. The first-order valence-corrected chi connectivity index (χ1v) is 8.58. The van der Waals surface area contributed by atoms with Crippen LogP contribution in [0.4, 0.5) is 5.82 Å². The molecule has 26 heavy (non-hydrogen) atoms. The summed E-state index contributed by atoms with van der Waals surface area (Å²) in [5, 5.41) is 7.44. The van der Waals surface area contributed by atoms with Crippen LogP contribution in [0.1, 0.15) is 32.4 Å². The molecule has 1 atom stereocenters. The second kappa shape index (κ2) is 8.71. The zero-order valence-electron chi connectivity index (χ0n) is 15.2. The van der Waals surface area contributed by atoms with Gasteiger partial charge in [0.25, 0.3) is 5.91 Å². The third kappa shape index (κ3) is 5.23. The second-order valence-electron chi connectivity index (χ2n) is 6.08. The first-order valence-electron chi connectivity index (χ1n) is 8.20. The Morgan fingerprint density at radius 2 is 2.00 bits per heavy atom. The summed E-state index contributed by atoms with van der Waals surface area (Å²) < 4.78 is 12.1. The summed E-state index contributed by atoms with van der Waals surface area (Å²) in [5.74, 6) is -0.0386. The van der Waals surface area contributed by atoms with E-state index in [0.29, 0.717) is 16.6 Å². The Labute approximate surface area is 157 Å². The monoisotopic (exact) mass is 379 g/mol. The third-order valence-electron chi connectivity index (χ3n) is 3.57. The van der Waals surface area contributed by atoms with E-state index in [1.165, 1.54) is 6.92 Å². The molecule has 0 saturated carbocycles. The smallest absolute Gasteiger partial charge is 0.344 e. The van der Waals surface area contributed by atoms with Crippen molar-refractivity contribution < 1.29 is 19.1 Å². The average molecular weight is 380 g/mol. The van der Waals surface area contributed by atoms with E-state index in [2.05, 4.69) is 10.4 Å². The number of rotatable bonds is 7. The average Bonchev–Trinajstić information content (AvgIpc) is 3.04. The minimum absolute atomic E-state index is 0.0920. The minimum Gasteiger partial charge on any atom is -0.482 e. The van der Waals surface area contributed by atoms with Crippen LogP contribution in [0, 0.1) is 6.92 Å². The number of nitrogens with zero attached hydrogens (tertiary/aromatic N) is 2. The molecular weight excluding hydrogens is 358 g/mol. The predicted molar refractivity (Wildman–Crippen MR) is 98.5 cm³/mol. The number of benzene rings is 1. The molecule has 0 saturated heterocycles. The molecule has 1 amide bonds. The maximum Gasteiger partial charge on any atom is 0.344 e. The fourth-order valence-electron chi connectivity index (χ4n) is 2.19. The number of hydrogen-bond acceptors (Lipinski definition) is 5. The molecule has 0 bridgehead atoms. The van der Waals surface area contributed by atoms with Crippen molar-refractivity contribution in [3.05, 3.63) is 41.0 Å². The number of carbonyl (C=O) groups is 2. The Balaban J connectivity index is 1.84. The van der Waals surface area contributed by atoms with Gasteiger partial charge in [0, 0.05) is 17.1 Å². The molecule has 1 heterocycles. The quantitative estimate of drug-likeness (QED) is 0.746. The van der Waals surface area contributed by atoms with E-state index >= 15 is 0 Å². The SMILES string of the molecule is Cc1cc(OCC(=O)O[C@H](C)C(=O)Nc2ccnn2C(C)C)ccc1Cl. The maximum atomic E-state index is 12.2. The molecule has 1 aromatic heterocycles. The number of ether oxygens (including phenoxy) is 2. The van der Waals surface area contributed by atoms with Gasteiger partial charge in [0.2, 0.25) is 0 Å². The lowest BCUT2D eigenvalue weighted by atomic mass is 10.2. The van der Waals surface area contributed by atoms with Gasteiger partial charge in [0.1, 0.15) is 11.6 Å². The van der Waals surface area contributed by atoms with E-state index in [1.807, 2.05) is 20.8 Å². The number of esters is 1. The number of anilines is 1. The van der Waals surface area contributed by atoms with Crippen LogP contribution in [-0.4, -0.2) is 34.4 Å². The molecule has 0 unspecified atom stereocenters. The van der Waals surface area contributed by atoms with Crippen LogP contribution in [0.25, 0.3) is 0 Å². The van der Waals surface area contributed by atoms with Crippen LogP contribution >= 0.6 is 11.6 Å². The van der Waals surface area contributed by atoms with Gasteiger partial charge >= 0.3 is 5.97 Å². The van der Waals surface area contributed by atoms with Crippen LogP contribution in [-0.2, 0) is 14.3 Å². The van der Waals surface area contributed by atoms with Crippen LogP contribution < -0.4 is 10.1 Å². The van der Waals surface area contributed by atoms with Gasteiger partial charge in [-0.25, -0.2) is 9.48 Å². The molecule has 1 N–H and O–H groups in total. The molecule has 0 spiro atoms. The number of halogens is 1. The Bertz CT molecular complexity index is 788. The van der Waals surface area contributed by atoms with Crippen molar-refractivity contribution in [1.29, 1.82) is 0 Å². The largest absolute Gasteiger partial charge is 0.482 e. The maximum absolute atomic E-state index is 12.2. The van der Waals surface area contributed by atoms with E-state index < -0.39 is 18.0 Å². The van der Waals surface area contributed by atoms with Gasteiger partial charge in [-0.1, -0.05) is 11.6 Å². The molecule has 0 aliphatic carbocycles. The molecule has 0 radical (unpaired) electrons. The zero-order valence-corrected chi connectivity index (χ0v) is 15.9. The third-order valence-corrected chi connectivity index (χ3v) is 4.00. The van der Waals surface area contributed by atoms with Crippen LogP contribution in [0.2, 0.25) is 5.02 Å². The summed E-state index contributed by atoms with van der Waals surface area (Å²) in [4.78, 5) is 24.1. The lowest BCUT2D eigenvalue weighted by Crippen LogP contribution is -2.32. The fourth-order valence-corrected chi connectivity index (χ4v) is 2.30. The highest BCUT2D eigenvalue weighted by Gasteiger charge is 2.20. The van der Waals surface area contributed by atoms with E-state index in [9.17, 15) is 9.59 Å². The van der Waals surface area contributed by atoms with Gasteiger partial charge in [-0.15, -0.1) is 0 Å². The van der Waals surface area contributed by atoms with E-state index in [1.54, 1.807) is 35.1 Å². The normalized spacial score (nSPS) is 11.9. The van der Waals surface area contributed by atoms with Crippen LogP contribution in [0.5, 0.6) is 5.75 Å². The molecular formula is C18H22ClN3O4. The van der Waals surface area contributed by atoms with Gasteiger partial charge in [-0.2, -0.15) is 5.10 Å². The Kier molecular flexibility index (Phi) is 6.63. The van der Waals surface area contributed by atoms with Crippen molar-refractivity contribution >= 4 is 29.3 Å². The molecule has 1 aromatic carbocycles. The van der Waals surface area contributed by atoms with E-state index in [4.69, 9.17) is 21.1 Å². The van der Waals surface area contributed by atoms with Crippen molar-refractivity contribution in [2.45, 2.75) is 39.8 Å². The minimum atomic E-state index is -0.964. The van der Waals surface area contributed by atoms with Gasteiger partial charge in [0.05, 0.1) is 6.20 Å².